The smallest absolute Gasteiger partial charge is 0.320 e. The SMILES string of the molecule is N[C@@H](CCCNC(=O)c1ccc(F)cc1)C(=O)O. The summed E-state index contributed by atoms with van der Waals surface area (Å²) in [6.07, 6.45) is 0.763. The molecule has 0 radical (unpaired) electrons. The molecule has 1 amide bonds. The summed E-state index contributed by atoms with van der Waals surface area (Å²) >= 11 is 0. The van der Waals surface area contributed by atoms with Gasteiger partial charge in [-0.15, -0.1) is 0 Å². The second kappa shape index (κ2) is 6.70. The Bertz CT molecular complexity index is 420. The topological polar surface area (TPSA) is 92.4 Å². The summed E-state index contributed by atoms with van der Waals surface area (Å²) in [7, 11) is 0. The Morgan fingerprint density at radius 2 is 1.94 bits per heavy atom. The minimum absolute atomic E-state index is 0.291. The summed E-state index contributed by atoms with van der Waals surface area (Å²) in [6, 6.07) is 4.26. The van der Waals surface area contributed by atoms with Crippen molar-refractivity contribution in [2.45, 2.75) is 18.9 Å². The lowest BCUT2D eigenvalue weighted by molar-refractivity contribution is -0.138. The van der Waals surface area contributed by atoms with E-state index in [1.165, 1.54) is 24.3 Å². The zero-order valence-corrected chi connectivity index (χ0v) is 9.73. The molecule has 1 aromatic carbocycles. The molecule has 0 spiro atoms. The second-order valence-electron chi connectivity index (χ2n) is 3.85. The Balaban J connectivity index is 2.29. The van der Waals surface area contributed by atoms with Gasteiger partial charge in [-0.2, -0.15) is 0 Å². The van der Waals surface area contributed by atoms with Crippen LogP contribution in [-0.2, 0) is 4.79 Å². The summed E-state index contributed by atoms with van der Waals surface area (Å²) < 4.78 is 12.6. The maximum absolute atomic E-state index is 12.6. The van der Waals surface area contributed by atoms with E-state index in [0.717, 1.165) is 0 Å². The van der Waals surface area contributed by atoms with E-state index in [2.05, 4.69) is 5.32 Å². The zero-order chi connectivity index (χ0) is 13.5. The van der Waals surface area contributed by atoms with Crippen LogP contribution >= 0.6 is 0 Å². The van der Waals surface area contributed by atoms with Crippen LogP contribution in [0.3, 0.4) is 0 Å². The summed E-state index contributed by atoms with van der Waals surface area (Å²) in [6.45, 7) is 0.331. The molecule has 0 aliphatic carbocycles. The van der Waals surface area contributed by atoms with Crippen molar-refractivity contribution in [1.29, 1.82) is 0 Å². The number of nitrogens with one attached hydrogen (secondary N) is 1. The monoisotopic (exact) mass is 254 g/mol. The molecule has 0 heterocycles. The Labute approximate surface area is 104 Å². The molecule has 6 heteroatoms. The fourth-order valence-corrected chi connectivity index (χ4v) is 1.35. The van der Waals surface area contributed by atoms with Crippen LogP contribution in [0.1, 0.15) is 23.2 Å². The molecule has 0 fully saturated rings. The largest absolute Gasteiger partial charge is 0.480 e. The van der Waals surface area contributed by atoms with Crippen molar-refractivity contribution in [1.82, 2.24) is 5.32 Å². The van der Waals surface area contributed by atoms with Gasteiger partial charge in [-0.1, -0.05) is 0 Å². The van der Waals surface area contributed by atoms with Gasteiger partial charge in [-0.05, 0) is 37.1 Å². The first-order chi connectivity index (χ1) is 8.50. The predicted octanol–water partition coefficient (Wildman–Crippen LogP) is 0.748. The van der Waals surface area contributed by atoms with Crippen molar-refractivity contribution in [3.63, 3.8) is 0 Å². The van der Waals surface area contributed by atoms with Gasteiger partial charge in [0, 0.05) is 12.1 Å². The van der Waals surface area contributed by atoms with E-state index in [-0.39, 0.29) is 5.91 Å². The minimum atomic E-state index is -1.06. The first-order valence-electron chi connectivity index (χ1n) is 5.53. The van der Waals surface area contributed by atoms with Crippen molar-refractivity contribution in [3.8, 4) is 0 Å². The molecule has 18 heavy (non-hydrogen) atoms. The van der Waals surface area contributed by atoms with E-state index in [9.17, 15) is 14.0 Å². The number of halogens is 1. The highest BCUT2D eigenvalue weighted by Crippen LogP contribution is 2.02. The van der Waals surface area contributed by atoms with Crippen LogP contribution in [0, 0.1) is 5.82 Å². The summed E-state index contributed by atoms with van der Waals surface area (Å²) in [5.41, 5.74) is 5.67. The zero-order valence-electron chi connectivity index (χ0n) is 9.73. The van der Waals surface area contributed by atoms with E-state index in [1.807, 2.05) is 0 Å². The number of hydrogen-bond acceptors (Lipinski definition) is 3. The van der Waals surface area contributed by atoms with Gasteiger partial charge in [0.25, 0.3) is 5.91 Å². The number of carbonyl (C=O) groups excluding carboxylic acids is 1. The lowest BCUT2D eigenvalue weighted by atomic mass is 10.1. The molecule has 1 aromatic rings. The average Bonchev–Trinajstić information content (AvgIpc) is 2.34. The molecule has 0 aliphatic heterocycles. The minimum Gasteiger partial charge on any atom is -0.480 e. The van der Waals surface area contributed by atoms with Crippen molar-refractivity contribution in [3.05, 3.63) is 35.6 Å². The van der Waals surface area contributed by atoms with Crippen LogP contribution < -0.4 is 11.1 Å². The van der Waals surface area contributed by atoms with Crippen molar-refractivity contribution >= 4 is 11.9 Å². The van der Waals surface area contributed by atoms with Gasteiger partial charge in [0.15, 0.2) is 0 Å². The van der Waals surface area contributed by atoms with Crippen LogP contribution in [-0.4, -0.2) is 29.6 Å². The lowest BCUT2D eigenvalue weighted by Crippen LogP contribution is -2.32. The molecule has 0 bridgehead atoms. The van der Waals surface area contributed by atoms with Crippen LogP contribution in [0.4, 0.5) is 4.39 Å². The van der Waals surface area contributed by atoms with Gasteiger partial charge in [0.1, 0.15) is 11.9 Å². The van der Waals surface area contributed by atoms with Crippen LogP contribution in [0.15, 0.2) is 24.3 Å². The van der Waals surface area contributed by atoms with E-state index in [4.69, 9.17) is 10.8 Å². The van der Waals surface area contributed by atoms with Crippen LogP contribution in [0.25, 0.3) is 0 Å². The standard InChI is InChI=1S/C12H15FN2O3/c13-9-5-3-8(4-6-9)11(16)15-7-1-2-10(14)12(17)18/h3-6,10H,1-2,7,14H2,(H,15,16)(H,17,18)/t10-/m0/s1. The number of benzene rings is 1. The van der Waals surface area contributed by atoms with Gasteiger partial charge in [-0.25, -0.2) is 4.39 Å². The first kappa shape index (κ1) is 14.1. The third kappa shape index (κ3) is 4.50. The summed E-state index contributed by atoms with van der Waals surface area (Å²) in [4.78, 5) is 22.0. The highest BCUT2D eigenvalue weighted by molar-refractivity contribution is 5.94. The highest BCUT2D eigenvalue weighted by atomic mass is 19.1. The first-order valence-corrected chi connectivity index (χ1v) is 5.53. The molecule has 1 rings (SSSR count). The number of rotatable bonds is 6. The number of aliphatic carboxylic acids is 1. The fourth-order valence-electron chi connectivity index (χ4n) is 1.35. The molecular weight excluding hydrogens is 239 g/mol. The number of carbonyl (C=O) groups is 2. The van der Waals surface area contributed by atoms with Gasteiger partial charge in [0.2, 0.25) is 0 Å². The Morgan fingerprint density at radius 1 is 1.33 bits per heavy atom. The van der Waals surface area contributed by atoms with Gasteiger partial charge in [-0.3, -0.25) is 9.59 Å². The number of carboxylic acid groups (broad SMARTS) is 1. The molecule has 0 saturated carbocycles. The van der Waals surface area contributed by atoms with Crippen LogP contribution in [0.5, 0.6) is 0 Å². The lowest BCUT2D eigenvalue weighted by Gasteiger charge is -2.07. The van der Waals surface area contributed by atoms with Gasteiger partial charge < -0.3 is 16.2 Å². The van der Waals surface area contributed by atoms with E-state index in [1.54, 1.807) is 0 Å². The fraction of sp³-hybridized carbons (Fsp3) is 0.333. The van der Waals surface area contributed by atoms with Crippen molar-refractivity contribution in [2.24, 2.45) is 5.73 Å². The highest BCUT2D eigenvalue weighted by Gasteiger charge is 2.11. The van der Waals surface area contributed by atoms with Gasteiger partial charge >= 0.3 is 5.97 Å². The molecule has 98 valence electrons. The Hall–Kier alpha value is -1.95. The van der Waals surface area contributed by atoms with E-state index >= 15 is 0 Å². The molecule has 0 aliphatic rings. The molecule has 1 atom stereocenters. The average molecular weight is 254 g/mol. The quantitative estimate of drug-likeness (QED) is 0.653. The second-order valence-corrected chi connectivity index (χ2v) is 3.85. The van der Waals surface area contributed by atoms with Crippen molar-refractivity contribution < 1.29 is 19.1 Å². The number of carboxylic acids is 1. The number of nitrogens with two attached hydrogens (primary N) is 1. The summed E-state index contributed by atoms with van der Waals surface area (Å²) in [5.74, 6) is -1.78. The third-order valence-corrected chi connectivity index (χ3v) is 2.40. The molecular formula is C12H15FN2O3. The van der Waals surface area contributed by atoms with Gasteiger partial charge in [0.05, 0.1) is 0 Å². The number of hydrogen-bond donors (Lipinski definition) is 3. The predicted molar refractivity (Wildman–Crippen MR) is 63.6 cm³/mol. The molecule has 0 aromatic heterocycles. The maximum Gasteiger partial charge on any atom is 0.320 e. The third-order valence-electron chi connectivity index (χ3n) is 2.40. The van der Waals surface area contributed by atoms with E-state index in [0.29, 0.717) is 24.9 Å². The molecule has 0 saturated heterocycles. The molecule has 0 unspecified atom stereocenters. The molecule has 5 nitrogen and oxygen atoms in total. The van der Waals surface area contributed by atoms with Crippen molar-refractivity contribution in [2.75, 3.05) is 6.54 Å². The van der Waals surface area contributed by atoms with E-state index < -0.39 is 17.8 Å². The summed E-state index contributed by atoms with van der Waals surface area (Å²) in [5, 5.41) is 11.1. The Morgan fingerprint density at radius 3 is 2.50 bits per heavy atom. The molecule has 4 N–H and O–H groups in total. The number of amides is 1. The maximum atomic E-state index is 12.6. The normalized spacial score (nSPS) is 11.9. The van der Waals surface area contributed by atoms with Crippen LogP contribution in [0.2, 0.25) is 0 Å². The Kier molecular flexibility index (Phi) is 5.26.